The second kappa shape index (κ2) is 7.82. The highest BCUT2D eigenvalue weighted by atomic mass is 19.4. The van der Waals surface area contributed by atoms with Crippen molar-refractivity contribution in [3.63, 3.8) is 0 Å². The number of rotatable bonds is 4. The van der Waals surface area contributed by atoms with E-state index in [2.05, 4.69) is 4.98 Å². The summed E-state index contributed by atoms with van der Waals surface area (Å²) in [6.07, 6.45) is -1.61. The molecule has 1 aromatic carbocycles. The van der Waals surface area contributed by atoms with E-state index in [1.807, 2.05) is 5.32 Å². The van der Waals surface area contributed by atoms with Crippen molar-refractivity contribution in [1.82, 2.24) is 10.3 Å². The van der Waals surface area contributed by atoms with Gasteiger partial charge in [0.05, 0.1) is 11.3 Å². The van der Waals surface area contributed by atoms with Gasteiger partial charge in [-0.25, -0.2) is 8.78 Å². The smallest absolute Gasteiger partial charge is 0.368 e. The van der Waals surface area contributed by atoms with Crippen LogP contribution in [0.5, 0.6) is 0 Å². The lowest BCUT2D eigenvalue weighted by atomic mass is 10.0. The number of pyridine rings is 1. The van der Waals surface area contributed by atoms with E-state index in [4.69, 9.17) is 5.73 Å². The minimum atomic E-state index is -4.63. The van der Waals surface area contributed by atoms with Crippen LogP contribution < -0.4 is 16.0 Å². The van der Waals surface area contributed by atoms with Crippen molar-refractivity contribution in [2.24, 2.45) is 5.73 Å². The Kier molecular flexibility index (Phi) is 5.72. The van der Waals surface area contributed by atoms with E-state index in [0.29, 0.717) is 25.6 Å². The highest BCUT2D eigenvalue weighted by molar-refractivity contribution is 6.03. The molecule has 1 aliphatic rings. The fourth-order valence-corrected chi connectivity index (χ4v) is 3.41. The average Bonchev–Trinajstić information content (AvgIpc) is 2.99. The highest BCUT2D eigenvalue weighted by Crippen LogP contribution is 2.37. The van der Waals surface area contributed by atoms with Crippen molar-refractivity contribution < 1.29 is 26.7 Å². The van der Waals surface area contributed by atoms with Crippen molar-refractivity contribution in [3.8, 4) is 11.1 Å². The molecule has 10 heteroatoms. The summed E-state index contributed by atoms with van der Waals surface area (Å²) in [5, 5.41) is 1.91. The van der Waals surface area contributed by atoms with Gasteiger partial charge >= 0.3 is 6.18 Å². The summed E-state index contributed by atoms with van der Waals surface area (Å²) in [7, 11) is 0. The van der Waals surface area contributed by atoms with Gasteiger partial charge in [0.2, 0.25) is 0 Å². The normalized spacial score (nSPS) is 20.3. The zero-order valence-corrected chi connectivity index (χ0v) is 16.4. The van der Waals surface area contributed by atoms with Crippen LogP contribution in [0.15, 0.2) is 30.6 Å². The highest BCUT2D eigenvalue weighted by Gasteiger charge is 2.38. The largest absolute Gasteiger partial charge is 0.408 e. The third-order valence-electron chi connectivity index (χ3n) is 5.00. The first-order valence-electron chi connectivity index (χ1n) is 9.23. The molecule has 1 amide bonds. The molecule has 1 fully saturated rings. The zero-order chi connectivity index (χ0) is 22.3. The average molecular weight is 428 g/mol. The van der Waals surface area contributed by atoms with E-state index in [9.17, 15) is 26.7 Å². The number of benzene rings is 1. The molecule has 2 aromatic rings. The molecule has 30 heavy (non-hydrogen) atoms. The number of aromatic nitrogens is 1. The molecule has 162 valence electrons. The summed E-state index contributed by atoms with van der Waals surface area (Å²) < 4.78 is 66.4. The maximum absolute atomic E-state index is 13.8. The van der Waals surface area contributed by atoms with Gasteiger partial charge in [0, 0.05) is 42.7 Å². The number of nitrogens with one attached hydrogen (secondary N) is 1. The molecule has 2 atom stereocenters. The summed E-state index contributed by atoms with van der Waals surface area (Å²) in [6.45, 7) is 3.35. The van der Waals surface area contributed by atoms with Gasteiger partial charge in [-0.2, -0.15) is 13.2 Å². The van der Waals surface area contributed by atoms with Gasteiger partial charge < -0.3 is 16.0 Å². The number of anilines is 1. The van der Waals surface area contributed by atoms with Gasteiger partial charge in [0.1, 0.15) is 17.7 Å². The molecule has 0 aliphatic carbocycles. The number of hydrogen-bond donors (Lipinski definition) is 2. The van der Waals surface area contributed by atoms with Gasteiger partial charge in [0.25, 0.3) is 5.91 Å². The quantitative estimate of drug-likeness (QED) is 0.730. The lowest BCUT2D eigenvalue weighted by Gasteiger charge is -2.27. The second-order valence-corrected chi connectivity index (χ2v) is 7.80. The zero-order valence-electron chi connectivity index (χ0n) is 16.4. The Morgan fingerprint density at radius 3 is 2.40 bits per heavy atom. The van der Waals surface area contributed by atoms with E-state index < -0.39 is 35.3 Å². The van der Waals surface area contributed by atoms with Crippen LogP contribution in [-0.2, 0) is 0 Å². The minimum Gasteiger partial charge on any atom is -0.368 e. The molecule has 3 N–H and O–H groups in total. The van der Waals surface area contributed by atoms with Crippen LogP contribution in [0.25, 0.3) is 11.1 Å². The van der Waals surface area contributed by atoms with Crippen molar-refractivity contribution in [2.45, 2.75) is 38.0 Å². The Labute approximate surface area is 170 Å². The molecule has 0 saturated carbocycles. The summed E-state index contributed by atoms with van der Waals surface area (Å²) in [6, 6.07) is 0.750. The Bertz CT molecular complexity index is 940. The number of nitrogens with two attached hydrogens (primary N) is 1. The third kappa shape index (κ3) is 4.69. The Morgan fingerprint density at radius 2 is 1.87 bits per heavy atom. The number of hydrogen-bond acceptors (Lipinski definition) is 4. The summed E-state index contributed by atoms with van der Waals surface area (Å²) in [5.74, 6) is -2.66. The fourth-order valence-electron chi connectivity index (χ4n) is 3.41. The Hall–Kier alpha value is -2.75. The number of nitrogens with zero attached hydrogens (tertiary/aromatic N) is 2. The van der Waals surface area contributed by atoms with Crippen LogP contribution >= 0.6 is 0 Å². The first kappa shape index (κ1) is 21.9. The predicted molar refractivity (Wildman–Crippen MR) is 102 cm³/mol. The maximum Gasteiger partial charge on any atom is 0.408 e. The minimum absolute atomic E-state index is 0.110. The third-order valence-corrected chi connectivity index (χ3v) is 5.00. The SMILES string of the molecule is CC(NC(=O)c1cncc(-c2cc(F)cc(F)c2)c1N1CC[C@](C)(N)C1)C(F)(F)F. The molecule has 1 aliphatic heterocycles. The molecule has 0 bridgehead atoms. The van der Waals surface area contributed by atoms with Crippen molar-refractivity contribution in [2.75, 3.05) is 18.0 Å². The molecular weight excluding hydrogens is 407 g/mol. The lowest BCUT2D eigenvalue weighted by molar-refractivity contribution is -0.149. The number of halogens is 5. The first-order valence-corrected chi connectivity index (χ1v) is 9.23. The van der Waals surface area contributed by atoms with Gasteiger partial charge in [0.15, 0.2) is 0 Å². The Balaban J connectivity index is 2.12. The van der Waals surface area contributed by atoms with Gasteiger partial charge in [-0.05, 0) is 38.0 Å². The van der Waals surface area contributed by atoms with Crippen LogP contribution in [0.3, 0.4) is 0 Å². The van der Waals surface area contributed by atoms with Gasteiger partial charge in [-0.1, -0.05) is 0 Å². The molecule has 1 aromatic heterocycles. The summed E-state index contributed by atoms with van der Waals surface area (Å²) >= 11 is 0. The van der Waals surface area contributed by atoms with Crippen LogP contribution in [0.4, 0.5) is 27.6 Å². The maximum atomic E-state index is 13.8. The number of alkyl halides is 3. The van der Waals surface area contributed by atoms with Gasteiger partial charge in [-0.15, -0.1) is 0 Å². The Morgan fingerprint density at radius 1 is 1.23 bits per heavy atom. The van der Waals surface area contributed by atoms with Crippen LogP contribution in [0.1, 0.15) is 30.6 Å². The summed E-state index contributed by atoms with van der Waals surface area (Å²) in [4.78, 5) is 18.4. The molecule has 1 saturated heterocycles. The fraction of sp³-hybridized carbons (Fsp3) is 0.400. The van der Waals surface area contributed by atoms with Crippen molar-refractivity contribution in [1.29, 1.82) is 0 Å². The molecule has 0 spiro atoms. The summed E-state index contributed by atoms with van der Waals surface area (Å²) in [5.41, 5.74) is 6.01. The van der Waals surface area contributed by atoms with E-state index in [-0.39, 0.29) is 22.4 Å². The van der Waals surface area contributed by atoms with E-state index in [1.54, 1.807) is 11.8 Å². The van der Waals surface area contributed by atoms with Crippen molar-refractivity contribution in [3.05, 3.63) is 47.8 Å². The lowest BCUT2D eigenvalue weighted by Crippen LogP contribution is -2.44. The number of carbonyl (C=O) groups is 1. The van der Waals surface area contributed by atoms with E-state index in [1.165, 1.54) is 6.20 Å². The topological polar surface area (TPSA) is 71.2 Å². The molecule has 1 unspecified atom stereocenters. The molecular formula is C20H21F5N4O. The van der Waals surface area contributed by atoms with Crippen LogP contribution in [-0.4, -0.2) is 41.7 Å². The van der Waals surface area contributed by atoms with Crippen LogP contribution in [0, 0.1) is 11.6 Å². The first-order chi connectivity index (χ1) is 13.9. The number of amides is 1. The monoisotopic (exact) mass is 428 g/mol. The standard InChI is InChI=1S/C20H21F5N4O/c1-11(20(23,24)25)28-18(30)16-9-27-8-15(12-5-13(21)7-14(22)6-12)17(16)29-4-3-19(2,26)10-29/h5-9,11H,3-4,10,26H2,1-2H3,(H,28,30)/t11?,19-/m0/s1. The molecule has 3 rings (SSSR count). The van der Waals surface area contributed by atoms with E-state index >= 15 is 0 Å². The molecule has 0 radical (unpaired) electrons. The predicted octanol–water partition coefficient (Wildman–Crippen LogP) is 3.63. The second-order valence-electron chi connectivity index (χ2n) is 7.80. The van der Waals surface area contributed by atoms with Gasteiger partial charge in [-0.3, -0.25) is 9.78 Å². The van der Waals surface area contributed by atoms with Crippen LogP contribution in [0.2, 0.25) is 0 Å². The van der Waals surface area contributed by atoms with Crippen molar-refractivity contribution >= 4 is 11.6 Å². The molecule has 5 nitrogen and oxygen atoms in total. The number of carbonyl (C=O) groups excluding carboxylic acids is 1. The van der Waals surface area contributed by atoms with E-state index in [0.717, 1.165) is 25.3 Å². The molecule has 2 heterocycles.